The number of nitrogens with two attached hydrogens (primary N) is 1. The molecule has 0 spiro atoms. The SMILES string of the molecule is N=C(N)c1cccc(Sc2ccc(C(F)(F)F)cn2)n1. The summed E-state index contributed by atoms with van der Waals surface area (Å²) < 4.78 is 37.2. The minimum Gasteiger partial charge on any atom is -0.382 e. The Balaban J connectivity index is 2.18. The molecule has 2 aromatic heterocycles. The number of nitrogens with zero attached hydrogens (tertiary/aromatic N) is 2. The summed E-state index contributed by atoms with van der Waals surface area (Å²) in [5.74, 6) is -0.173. The van der Waals surface area contributed by atoms with E-state index < -0.39 is 11.7 Å². The predicted molar refractivity (Wildman–Crippen MR) is 68.6 cm³/mol. The van der Waals surface area contributed by atoms with Crippen molar-refractivity contribution in [3.8, 4) is 0 Å². The van der Waals surface area contributed by atoms with Crippen LogP contribution in [-0.2, 0) is 6.18 Å². The number of rotatable bonds is 3. The van der Waals surface area contributed by atoms with E-state index in [1.807, 2.05) is 0 Å². The van der Waals surface area contributed by atoms with Crippen LogP contribution in [0.15, 0.2) is 46.6 Å². The molecule has 0 aliphatic heterocycles. The Kier molecular flexibility index (Phi) is 3.93. The van der Waals surface area contributed by atoms with Crippen LogP contribution in [0.4, 0.5) is 13.2 Å². The third kappa shape index (κ3) is 3.47. The van der Waals surface area contributed by atoms with Gasteiger partial charge in [0, 0.05) is 6.20 Å². The molecule has 2 aromatic rings. The van der Waals surface area contributed by atoms with Gasteiger partial charge in [0.2, 0.25) is 0 Å². The second-order valence-corrected chi connectivity index (χ2v) is 4.80. The van der Waals surface area contributed by atoms with Gasteiger partial charge in [-0.2, -0.15) is 13.2 Å². The van der Waals surface area contributed by atoms with Crippen molar-refractivity contribution in [2.24, 2.45) is 5.73 Å². The molecule has 0 unspecified atom stereocenters. The van der Waals surface area contributed by atoms with Gasteiger partial charge in [0.1, 0.15) is 21.6 Å². The number of pyridine rings is 2. The maximum atomic E-state index is 12.4. The standard InChI is InChI=1S/C12H9F3N4S/c13-12(14,15)7-4-5-9(18-6-7)20-10-3-1-2-8(19-10)11(16)17/h1-6H,(H3,16,17). The third-order valence-corrected chi connectivity index (χ3v) is 3.16. The second kappa shape index (κ2) is 5.49. The lowest BCUT2D eigenvalue weighted by molar-refractivity contribution is -0.137. The van der Waals surface area contributed by atoms with Crippen LogP contribution in [0.3, 0.4) is 0 Å². The molecule has 2 rings (SSSR count). The number of hydrogen-bond donors (Lipinski definition) is 2. The monoisotopic (exact) mass is 298 g/mol. The highest BCUT2D eigenvalue weighted by Gasteiger charge is 2.30. The fourth-order valence-electron chi connectivity index (χ4n) is 1.34. The van der Waals surface area contributed by atoms with Crippen molar-refractivity contribution in [2.75, 3.05) is 0 Å². The van der Waals surface area contributed by atoms with E-state index in [0.717, 1.165) is 24.0 Å². The highest BCUT2D eigenvalue weighted by atomic mass is 32.2. The predicted octanol–water partition coefficient (Wildman–Crippen LogP) is 2.93. The van der Waals surface area contributed by atoms with Crippen LogP contribution in [0.5, 0.6) is 0 Å². The van der Waals surface area contributed by atoms with Crippen LogP contribution in [0, 0.1) is 5.41 Å². The lowest BCUT2D eigenvalue weighted by Gasteiger charge is -2.06. The molecular formula is C12H9F3N4S. The molecule has 0 bridgehead atoms. The van der Waals surface area contributed by atoms with E-state index in [1.165, 1.54) is 6.07 Å². The third-order valence-electron chi connectivity index (χ3n) is 2.27. The first kappa shape index (κ1) is 14.3. The van der Waals surface area contributed by atoms with Gasteiger partial charge < -0.3 is 5.73 Å². The number of hydrogen-bond acceptors (Lipinski definition) is 4. The van der Waals surface area contributed by atoms with Crippen molar-refractivity contribution in [3.63, 3.8) is 0 Å². The van der Waals surface area contributed by atoms with Gasteiger partial charge in [-0.05, 0) is 24.3 Å². The van der Waals surface area contributed by atoms with E-state index in [-0.39, 0.29) is 5.84 Å². The Morgan fingerprint density at radius 1 is 1.15 bits per heavy atom. The molecular weight excluding hydrogens is 289 g/mol. The molecule has 0 aliphatic carbocycles. The zero-order valence-electron chi connectivity index (χ0n) is 9.98. The largest absolute Gasteiger partial charge is 0.417 e. The minimum absolute atomic E-state index is 0.173. The molecule has 8 heteroatoms. The van der Waals surface area contributed by atoms with Crippen LogP contribution < -0.4 is 5.73 Å². The van der Waals surface area contributed by atoms with Gasteiger partial charge in [-0.25, -0.2) is 9.97 Å². The summed E-state index contributed by atoms with van der Waals surface area (Å²) >= 11 is 1.10. The molecule has 20 heavy (non-hydrogen) atoms. The maximum absolute atomic E-state index is 12.4. The number of alkyl halides is 3. The summed E-state index contributed by atoms with van der Waals surface area (Å²) in [7, 11) is 0. The van der Waals surface area contributed by atoms with Crippen LogP contribution in [0.2, 0.25) is 0 Å². The van der Waals surface area contributed by atoms with Crippen molar-refractivity contribution >= 4 is 17.6 Å². The van der Waals surface area contributed by atoms with Gasteiger partial charge in [-0.15, -0.1) is 0 Å². The van der Waals surface area contributed by atoms with Crippen molar-refractivity contribution in [3.05, 3.63) is 47.8 Å². The van der Waals surface area contributed by atoms with Crippen molar-refractivity contribution in [2.45, 2.75) is 16.2 Å². The minimum atomic E-state index is -4.40. The molecule has 0 atom stereocenters. The highest BCUT2D eigenvalue weighted by molar-refractivity contribution is 7.99. The molecule has 0 saturated heterocycles. The van der Waals surface area contributed by atoms with Crippen LogP contribution in [-0.4, -0.2) is 15.8 Å². The highest BCUT2D eigenvalue weighted by Crippen LogP contribution is 2.30. The van der Waals surface area contributed by atoms with E-state index in [2.05, 4.69) is 9.97 Å². The van der Waals surface area contributed by atoms with Crippen LogP contribution >= 0.6 is 11.8 Å². The van der Waals surface area contributed by atoms with Gasteiger partial charge in [0.25, 0.3) is 0 Å². The van der Waals surface area contributed by atoms with E-state index in [1.54, 1.807) is 18.2 Å². The summed E-state index contributed by atoms with van der Waals surface area (Å²) in [5.41, 5.74) is 4.82. The van der Waals surface area contributed by atoms with E-state index >= 15 is 0 Å². The summed E-state index contributed by atoms with van der Waals surface area (Å²) in [6.07, 6.45) is -3.62. The number of halogens is 3. The number of nitrogens with one attached hydrogen (secondary N) is 1. The molecule has 0 fully saturated rings. The van der Waals surface area contributed by atoms with Crippen molar-refractivity contribution in [1.29, 1.82) is 5.41 Å². The molecule has 0 saturated carbocycles. The van der Waals surface area contributed by atoms with Crippen molar-refractivity contribution < 1.29 is 13.2 Å². The molecule has 3 N–H and O–H groups in total. The Morgan fingerprint density at radius 2 is 1.90 bits per heavy atom. The molecule has 0 aliphatic rings. The summed E-state index contributed by atoms with van der Waals surface area (Å²) in [6, 6.07) is 7.14. The Hall–Kier alpha value is -2.09. The van der Waals surface area contributed by atoms with Crippen molar-refractivity contribution in [1.82, 2.24) is 9.97 Å². The van der Waals surface area contributed by atoms with Gasteiger partial charge in [0.15, 0.2) is 0 Å². The number of amidine groups is 1. The molecule has 4 nitrogen and oxygen atoms in total. The van der Waals surface area contributed by atoms with Gasteiger partial charge >= 0.3 is 6.18 Å². The van der Waals surface area contributed by atoms with Gasteiger partial charge in [-0.3, -0.25) is 5.41 Å². The lowest BCUT2D eigenvalue weighted by atomic mass is 10.3. The first-order valence-corrected chi connectivity index (χ1v) is 6.20. The number of aromatic nitrogens is 2. The molecule has 0 amide bonds. The molecule has 104 valence electrons. The lowest BCUT2D eigenvalue weighted by Crippen LogP contribution is -2.13. The Morgan fingerprint density at radius 3 is 2.45 bits per heavy atom. The fourth-order valence-corrected chi connectivity index (χ4v) is 2.08. The van der Waals surface area contributed by atoms with Gasteiger partial charge in [-0.1, -0.05) is 17.8 Å². The Bertz CT molecular complexity index is 625. The van der Waals surface area contributed by atoms with E-state index in [4.69, 9.17) is 11.1 Å². The average Bonchev–Trinajstić information content (AvgIpc) is 2.38. The van der Waals surface area contributed by atoms with Gasteiger partial charge in [0.05, 0.1) is 5.56 Å². The molecule has 0 radical (unpaired) electrons. The molecule has 0 aromatic carbocycles. The number of nitrogen functional groups attached to an aromatic ring is 1. The normalized spacial score (nSPS) is 11.3. The first-order valence-electron chi connectivity index (χ1n) is 5.39. The smallest absolute Gasteiger partial charge is 0.382 e. The average molecular weight is 298 g/mol. The second-order valence-electron chi connectivity index (χ2n) is 3.76. The molecule has 2 heterocycles. The van der Waals surface area contributed by atoms with Crippen LogP contribution in [0.1, 0.15) is 11.3 Å². The first-order chi connectivity index (χ1) is 9.36. The fraction of sp³-hybridized carbons (Fsp3) is 0.0833. The van der Waals surface area contributed by atoms with E-state index in [9.17, 15) is 13.2 Å². The summed E-state index contributed by atoms with van der Waals surface area (Å²) in [6.45, 7) is 0. The zero-order valence-corrected chi connectivity index (χ0v) is 10.8. The van der Waals surface area contributed by atoms with Crippen LogP contribution in [0.25, 0.3) is 0 Å². The summed E-state index contributed by atoms with van der Waals surface area (Å²) in [5, 5.41) is 8.16. The quantitative estimate of drug-likeness (QED) is 0.675. The Labute approximate surface area is 116 Å². The van der Waals surface area contributed by atoms with E-state index in [0.29, 0.717) is 15.7 Å². The topological polar surface area (TPSA) is 75.7 Å². The summed E-state index contributed by atoms with van der Waals surface area (Å²) in [4.78, 5) is 7.82. The maximum Gasteiger partial charge on any atom is 0.417 e. The zero-order chi connectivity index (χ0) is 14.8.